The van der Waals surface area contributed by atoms with Crippen LogP contribution in [-0.4, -0.2) is 46.5 Å². The van der Waals surface area contributed by atoms with E-state index in [1.165, 1.54) is 0 Å². The average Bonchev–Trinajstić information content (AvgIpc) is 2.77. The molecule has 1 aromatic carbocycles. The second-order valence-corrected chi connectivity index (χ2v) is 8.67. The molecule has 29 heavy (non-hydrogen) atoms. The lowest BCUT2D eigenvalue weighted by molar-refractivity contribution is -0.122. The van der Waals surface area contributed by atoms with Crippen molar-refractivity contribution >= 4 is 24.0 Å². The number of benzene rings is 1. The number of aromatic nitrogens is 2. The van der Waals surface area contributed by atoms with Gasteiger partial charge in [0, 0.05) is 12.4 Å². The molecule has 6 heteroatoms. The number of allylic oxidation sites excluding steroid dienone is 3. The van der Waals surface area contributed by atoms with Gasteiger partial charge in [-0.1, -0.05) is 36.4 Å². The molecule has 150 valence electrons. The van der Waals surface area contributed by atoms with Gasteiger partial charge in [-0.25, -0.2) is 4.48 Å². The third kappa shape index (κ3) is 3.38. The minimum absolute atomic E-state index is 0.0821. The van der Waals surface area contributed by atoms with Crippen LogP contribution in [0, 0.1) is 0 Å². The fourth-order valence-corrected chi connectivity index (χ4v) is 4.82. The third-order valence-electron chi connectivity index (χ3n) is 6.23. The number of quaternary nitrogens is 1. The van der Waals surface area contributed by atoms with Crippen molar-refractivity contribution in [3.63, 3.8) is 0 Å². The van der Waals surface area contributed by atoms with Crippen LogP contribution in [0.4, 0.5) is 5.95 Å². The number of hydrogen-bond acceptors (Lipinski definition) is 3. The van der Waals surface area contributed by atoms with Gasteiger partial charge in [-0.3, -0.25) is 4.79 Å². The Labute approximate surface area is 176 Å². The lowest BCUT2D eigenvalue weighted by Gasteiger charge is -2.49. The SMILES string of the molecule is C[C@H]1C[N+](C2=CCC(Cl)(c3ccccc3)C=C2)(c2ncccn2)[C@@H](C)CN1C=O. The Balaban J connectivity index is 1.74. The van der Waals surface area contributed by atoms with Gasteiger partial charge in [0.25, 0.3) is 0 Å². The Morgan fingerprint density at radius 3 is 2.52 bits per heavy atom. The van der Waals surface area contributed by atoms with Crippen LogP contribution in [0.5, 0.6) is 0 Å². The number of carbonyl (C=O) groups excluding carboxylic acids is 1. The summed E-state index contributed by atoms with van der Waals surface area (Å²) in [5.74, 6) is 0.759. The molecule has 4 atom stereocenters. The van der Waals surface area contributed by atoms with Gasteiger partial charge in [0.15, 0.2) is 0 Å². The summed E-state index contributed by atoms with van der Waals surface area (Å²) in [5.41, 5.74) is 2.22. The van der Waals surface area contributed by atoms with E-state index in [4.69, 9.17) is 11.6 Å². The molecule has 1 saturated heterocycles. The van der Waals surface area contributed by atoms with Gasteiger partial charge in [0.05, 0.1) is 17.5 Å². The molecule has 0 bridgehead atoms. The van der Waals surface area contributed by atoms with Crippen LogP contribution in [0.1, 0.15) is 25.8 Å². The normalized spacial score (nSPS) is 32.0. The summed E-state index contributed by atoms with van der Waals surface area (Å²) in [7, 11) is 0. The molecule has 0 spiro atoms. The monoisotopic (exact) mass is 409 g/mol. The minimum atomic E-state index is -0.550. The highest BCUT2D eigenvalue weighted by atomic mass is 35.5. The molecule has 1 aliphatic carbocycles. The fourth-order valence-electron chi connectivity index (χ4n) is 4.56. The molecule has 5 nitrogen and oxygen atoms in total. The number of alkyl halides is 1. The molecule has 1 aliphatic heterocycles. The largest absolute Gasteiger partial charge is 0.334 e. The molecular formula is C23H26ClN4O+. The van der Waals surface area contributed by atoms with E-state index in [1.54, 1.807) is 12.4 Å². The number of halogens is 1. The number of piperazine rings is 1. The molecule has 0 saturated carbocycles. The third-order valence-corrected chi connectivity index (χ3v) is 6.73. The summed E-state index contributed by atoms with van der Waals surface area (Å²) >= 11 is 6.98. The standard InChI is InChI=1S/C23H26ClN4O/c1-18-16-28(19(2)15-27(18)17-29,22-25-13-6-14-26-22)21-9-11-23(24,12-10-21)20-7-4-3-5-8-20/h3-11,13-14,17-19H,12,15-16H2,1-2H3/q+1/t18-,19-,23?,28?/m0/s1. The summed E-state index contributed by atoms with van der Waals surface area (Å²) in [6, 6.07) is 12.2. The van der Waals surface area contributed by atoms with E-state index in [0.29, 0.717) is 17.4 Å². The van der Waals surface area contributed by atoms with Gasteiger partial charge in [0.1, 0.15) is 18.3 Å². The molecule has 0 N–H and O–H groups in total. The highest BCUT2D eigenvalue weighted by molar-refractivity contribution is 6.25. The van der Waals surface area contributed by atoms with E-state index in [-0.39, 0.29) is 12.1 Å². The van der Waals surface area contributed by atoms with E-state index in [2.05, 4.69) is 54.2 Å². The van der Waals surface area contributed by atoms with Crippen LogP contribution in [0.2, 0.25) is 0 Å². The van der Waals surface area contributed by atoms with E-state index >= 15 is 0 Å². The predicted molar refractivity (Wildman–Crippen MR) is 116 cm³/mol. The van der Waals surface area contributed by atoms with Crippen LogP contribution < -0.4 is 4.48 Å². The molecule has 0 radical (unpaired) electrons. The highest BCUT2D eigenvalue weighted by Crippen LogP contribution is 2.42. The Bertz CT molecular complexity index is 932. The van der Waals surface area contributed by atoms with Crippen LogP contribution in [0.3, 0.4) is 0 Å². The number of hydrogen-bond donors (Lipinski definition) is 0. The summed E-state index contributed by atoms with van der Waals surface area (Å²) in [4.78, 5) is 22.1. The first-order valence-corrected chi connectivity index (χ1v) is 10.4. The smallest absolute Gasteiger partial charge is 0.331 e. The summed E-state index contributed by atoms with van der Waals surface area (Å²) in [6.07, 6.45) is 11.6. The van der Waals surface area contributed by atoms with Crippen LogP contribution in [-0.2, 0) is 9.67 Å². The second kappa shape index (κ2) is 7.73. The van der Waals surface area contributed by atoms with Crippen LogP contribution >= 0.6 is 11.6 Å². The molecule has 2 aromatic rings. The number of amides is 1. The first kappa shape index (κ1) is 19.8. The quantitative estimate of drug-likeness (QED) is 0.435. The fraction of sp³-hybridized carbons (Fsp3) is 0.348. The second-order valence-electron chi connectivity index (χ2n) is 8.00. The topological polar surface area (TPSA) is 46.1 Å². The van der Waals surface area contributed by atoms with Gasteiger partial charge < -0.3 is 4.90 Å². The Morgan fingerprint density at radius 2 is 1.90 bits per heavy atom. The van der Waals surface area contributed by atoms with Crippen molar-refractivity contribution in [2.24, 2.45) is 0 Å². The summed E-state index contributed by atoms with van der Waals surface area (Å²) in [6.45, 7) is 5.62. The maximum absolute atomic E-state index is 11.5. The van der Waals surface area contributed by atoms with E-state index in [1.807, 2.05) is 29.2 Å². The van der Waals surface area contributed by atoms with Crippen LogP contribution in [0.15, 0.2) is 72.7 Å². The maximum Gasteiger partial charge on any atom is 0.334 e. The lowest BCUT2D eigenvalue weighted by Crippen LogP contribution is -2.68. The van der Waals surface area contributed by atoms with Crippen molar-refractivity contribution in [3.8, 4) is 0 Å². The van der Waals surface area contributed by atoms with Crippen molar-refractivity contribution in [1.82, 2.24) is 19.4 Å². The van der Waals surface area contributed by atoms with E-state index in [9.17, 15) is 4.79 Å². The van der Waals surface area contributed by atoms with Gasteiger partial charge in [-0.15, -0.1) is 11.6 Å². The zero-order valence-electron chi connectivity index (χ0n) is 16.8. The van der Waals surface area contributed by atoms with Crippen molar-refractivity contribution in [1.29, 1.82) is 0 Å². The Kier molecular flexibility index (Phi) is 5.28. The number of carbonyl (C=O) groups is 1. The molecule has 2 aliphatic rings. The molecular weight excluding hydrogens is 384 g/mol. The Hall–Kier alpha value is -2.50. The Morgan fingerprint density at radius 1 is 1.17 bits per heavy atom. The minimum Gasteiger partial charge on any atom is -0.331 e. The van der Waals surface area contributed by atoms with Crippen LogP contribution in [0.25, 0.3) is 0 Å². The van der Waals surface area contributed by atoms with Crippen molar-refractivity contribution in [3.05, 3.63) is 78.3 Å². The predicted octanol–water partition coefficient (Wildman–Crippen LogP) is 4.01. The molecule has 2 unspecified atom stereocenters. The zero-order valence-corrected chi connectivity index (χ0v) is 17.5. The molecule has 1 aromatic heterocycles. The maximum atomic E-state index is 11.5. The first-order chi connectivity index (χ1) is 14.0. The zero-order chi connectivity index (χ0) is 20.5. The lowest BCUT2D eigenvalue weighted by atomic mass is 9.89. The molecule has 2 heterocycles. The molecule has 1 amide bonds. The average molecular weight is 410 g/mol. The van der Waals surface area contributed by atoms with Gasteiger partial charge in [-0.05, 0) is 44.1 Å². The van der Waals surface area contributed by atoms with E-state index in [0.717, 1.165) is 30.2 Å². The summed E-state index contributed by atoms with van der Waals surface area (Å²) < 4.78 is 0.518. The molecule has 1 fully saturated rings. The van der Waals surface area contributed by atoms with E-state index < -0.39 is 4.87 Å². The van der Waals surface area contributed by atoms with Gasteiger partial charge in [0.2, 0.25) is 6.41 Å². The van der Waals surface area contributed by atoms with Gasteiger partial charge in [-0.2, -0.15) is 9.97 Å². The highest BCUT2D eigenvalue weighted by Gasteiger charge is 2.50. The number of rotatable bonds is 4. The summed E-state index contributed by atoms with van der Waals surface area (Å²) in [5, 5.41) is 0. The van der Waals surface area contributed by atoms with Crippen molar-refractivity contribution < 1.29 is 4.79 Å². The van der Waals surface area contributed by atoms with Gasteiger partial charge >= 0.3 is 5.95 Å². The van der Waals surface area contributed by atoms with Crippen molar-refractivity contribution in [2.45, 2.75) is 37.2 Å². The first-order valence-electron chi connectivity index (χ1n) is 10.0. The van der Waals surface area contributed by atoms with Crippen molar-refractivity contribution in [2.75, 3.05) is 13.1 Å². The molecule has 4 rings (SSSR count). The number of nitrogens with zero attached hydrogens (tertiary/aromatic N) is 4.